The summed E-state index contributed by atoms with van der Waals surface area (Å²) >= 11 is 0. The number of rotatable bonds is 0. The van der Waals surface area contributed by atoms with E-state index in [-0.39, 0.29) is 40.1 Å². The van der Waals surface area contributed by atoms with Gasteiger partial charge in [-0.3, -0.25) is 0 Å². The van der Waals surface area contributed by atoms with Crippen molar-refractivity contribution in [2.24, 2.45) is 0 Å². The van der Waals surface area contributed by atoms with E-state index in [1.54, 1.807) is 41.5 Å². The maximum atomic E-state index is 11.4. The molecule has 0 saturated heterocycles. The van der Waals surface area contributed by atoms with Gasteiger partial charge in [0.25, 0.3) is 0 Å². The number of hydrogen-bond donors (Lipinski definition) is 0. The van der Waals surface area contributed by atoms with Crippen LogP contribution in [0.1, 0.15) is 41.5 Å². The third kappa shape index (κ3) is 11.0. The summed E-state index contributed by atoms with van der Waals surface area (Å²) in [6, 6.07) is 0. The van der Waals surface area contributed by atoms with Crippen LogP contribution < -0.4 is 0 Å². The Balaban J connectivity index is -0.00000112. The van der Waals surface area contributed by atoms with Gasteiger partial charge >= 0.3 is 12.2 Å². The largest absolute Gasteiger partial charge is 0.445 e. The van der Waals surface area contributed by atoms with E-state index in [1.807, 2.05) is 0 Å². The summed E-state index contributed by atoms with van der Waals surface area (Å²) in [6.07, 6.45) is -1.66. The van der Waals surface area contributed by atoms with Crippen LogP contribution in [0.25, 0.3) is 0 Å². The maximum Gasteiger partial charge on any atom is 0.389 e. The van der Waals surface area contributed by atoms with Crippen LogP contribution in [0.3, 0.4) is 0 Å². The molecule has 1 radical (unpaired) electrons. The molecule has 0 aromatic heterocycles. The Labute approximate surface area is 135 Å². The van der Waals surface area contributed by atoms with Gasteiger partial charge in [0.2, 0.25) is 0 Å². The molecule has 0 aliphatic heterocycles. The first kappa shape index (κ1) is 23.0. The predicted molar refractivity (Wildman–Crippen MR) is 66.1 cm³/mol. The first-order valence-corrected chi connectivity index (χ1v) is 4.99. The zero-order chi connectivity index (χ0) is 13.1. The molecular formula is C12H23NO4Y-2. The number of hydrogen-bond acceptors (Lipinski definition) is 4. The molecule has 105 valence electrons. The van der Waals surface area contributed by atoms with Gasteiger partial charge in [0.1, 0.15) is 11.2 Å². The van der Waals surface area contributed by atoms with Gasteiger partial charge in [0, 0.05) is 32.7 Å². The Morgan fingerprint density at radius 3 is 1.28 bits per heavy atom. The molecule has 0 atom stereocenters. The van der Waals surface area contributed by atoms with Crippen LogP contribution in [0, 0.1) is 14.5 Å². The Morgan fingerprint density at radius 2 is 1.11 bits per heavy atom. The molecule has 18 heavy (non-hydrogen) atoms. The second kappa shape index (κ2) is 8.10. The molecule has 2 amide bonds. The van der Waals surface area contributed by atoms with E-state index in [0.29, 0.717) is 4.90 Å². The van der Waals surface area contributed by atoms with Crippen LogP contribution in [0.5, 0.6) is 0 Å². The monoisotopic (exact) mass is 334 g/mol. The number of carbonyl (C=O) groups is 2. The number of amides is 2. The van der Waals surface area contributed by atoms with Crippen molar-refractivity contribution >= 4 is 12.2 Å². The minimum Gasteiger partial charge on any atom is -0.445 e. The van der Waals surface area contributed by atoms with Gasteiger partial charge in [-0.25, -0.2) is 16.6 Å². The number of nitrogens with zero attached hydrogens (tertiary/aromatic N) is 1. The Hall–Kier alpha value is -0.156. The fourth-order valence-electron chi connectivity index (χ4n) is 0.709. The van der Waals surface area contributed by atoms with Crippen molar-refractivity contribution in [3.63, 3.8) is 0 Å². The summed E-state index contributed by atoms with van der Waals surface area (Å²) in [4.78, 5) is 23.4. The quantitative estimate of drug-likeness (QED) is 0.637. The molecule has 0 bridgehead atoms. The minimum absolute atomic E-state index is 0. The maximum absolute atomic E-state index is 11.4. The topological polar surface area (TPSA) is 55.8 Å². The third-order valence-corrected chi connectivity index (χ3v) is 1.23. The van der Waals surface area contributed by atoms with Gasteiger partial charge in [-0.05, 0) is 41.5 Å². The van der Waals surface area contributed by atoms with Crippen molar-refractivity contribution in [3.05, 3.63) is 14.5 Å². The summed E-state index contributed by atoms with van der Waals surface area (Å²) in [7, 11) is 3.29. The SMILES string of the molecule is [CH2-]N(C(=O)OC(C)(C)C)C(=O)OC(C)(C)C.[CH3-].[Y]. The molecule has 0 unspecified atom stereocenters. The van der Waals surface area contributed by atoms with Gasteiger partial charge in [0.15, 0.2) is 0 Å². The Kier molecular flexibility index (Phi) is 10.3. The molecule has 0 fully saturated rings. The molecule has 0 saturated carbocycles. The fraction of sp³-hybridized carbons (Fsp3) is 0.667. The van der Waals surface area contributed by atoms with E-state index in [2.05, 4.69) is 7.05 Å². The van der Waals surface area contributed by atoms with E-state index in [0.717, 1.165) is 0 Å². The second-order valence-electron chi connectivity index (χ2n) is 5.39. The number of carbonyl (C=O) groups excluding carboxylic acids is 2. The zero-order valence-electron chi connectivity index (χ0n) is 12.4. The standard InChI is InChI=1S/C11H20NO4.CH3.Y/c1-10(2,3)15-8(13)12(7)9(14)16-11(4,5)6;;/h7H2,1-6H3;1H3;/q2*-1;. The molecule has 0 N–H and O–H groups in total. The van der Waals surface area contributed by atoms with E-state index in [4.69, 9.17) is 9.47 Å². The molecule has 0 aromatic carbocycles. The second-order valence-corrected chi connectivity index (χ2v) is 5.39. The van der Waals surface area contributed by atoms with Crippen LogP contribution >= 0.6 is 0 Å². The van der Waals surface area contributed by atoms with E-state index < -0.39 is 23.4 Å². The van der Waals surface area contributed by atoms with E-state index in [1.165, 1.54) is 0 Å². The van der Waals surface area contributed by atoms with Gasteiger partial charge in [-0.15, -0.1) is 0 Å². The van der Waals surface area contributed by atoms with E-state index in [9.17, 15) is 9.59 Å². The summed E-state index contributed by atoms with van der Waals surface area (Å²) in [6.45, 7) is 10.2. The molecule has 6 heteroatoms. The normalized spacial score (nSPS) is 10.6. The molecular weight excluding hydrogens is 311 g/mol. The van der Waals surface area contributed by atoms with Gasteiger partial charge < -0.3 is 21.8 Å². The molecule has 0 aromatic rings. The third-order valence-electron chi connectivity index (χ3n) is 1.23. The van der Waals surface area contributed by atoms with Gasteiger partial charge in [-0.1, -0.05) is 0 Å². The Bertz CT molecular complexity index is 251. The molecule has 0 heterocycles. The average molecular weight is 334 g/mol. The van der Waals surface area contributed by atoms with Crippen molar-refractivity contribution in [2.75, 3.05) is 0 Å². The minimum atomic E-state index is -0.832. The van der Waals surface area contributed by atoms with Crippen molar-refractivity contribution in [1.82, 2.24) is 4.90 Å². The fourth-order valence-corrected chi connectivity index (χ4v) is 0.709. The summed E-state index contributed by atoms with van der Waals surface area (Å²) in [5.41, 5.74) is -1.34. The van der Waals surface area contributed by atoms with Crippen molar-refractivity contribution in [3.8, 4) is 0 Å². The number of imide groups is 1. The zero-order valence-corrected chi connectivity index (χ0v) is 15.2. The van der Waals surface area contributed by atoms with Crippen molar-refractivity contribution < 1.29 is 51.8 Å². The van der Waals surface area contributed by atoms with Crippen molar-refractivity contribution in [2.45, 2.75) is 52.7 Å². The molecule has 5 nitrogen and oxygen atoms in total. The first-order valence-electron chi connectivity index (χ1n) is 4.99. The predicted octanol–water partition coefficient (Wildman–Crippen LogP) is 3.40. The molecule has 0 aliphatic carbocycles. The summed E-state index contributed by atoms with van der Waals surface area (Å²) < 4.78 is 9.92. The van der Waals surface area contributed by atoms with Crippen LogP contribution in [-0.2, 0) is 42.2 Å². The molecule has 0 rings (SSSR count). The average Bonchev–Trinajstić information content (AvgIpc) is 1.96. The summed E-state index contributed by atoms with van der Waals surface area (Å²) in [5, 5.41) is 0. The van der Waals surface area contributed by atoms with Gasteiger partial charge in [0.05, 0.1) is 0 Å². The van der Waals surface area contributed by atoms with Crippen molar-refractivity contribution in [1.29, 1.82) is 0 Å². The van der Waals surface area contributed by atoms with Gasteiger partial charge in [-0.2, -0.15) is 0 Å². The molecule has 0 aliphatic rings. The van der Waals surface area contributed by atoms with E-state index >= 15 is 0 Å². The smallest absolute Gasteiger partial charge is 0.389 e. The first-order chi connectivity index (χ1) is 6.92. The van der Waals surface area contributed by atoms with Crippen LogP contribution in [-0.4, -0.2) is 28.3 Å². The van der Waals surface area contributed by atoms with Crippen LogP contribution in [0.15, 0.2) is 0 Å². The number of ether oxygens (including phenoxy) is 2. The Morgan fingerprint density at radius 1 is 0.889 bits per heavy atom. The van der Waals surface area contributed by atoms with Crippen LogP contribution in [0.2, 0.25) is 0 Å². The van der Waals surface area contributed by atoms with Crippen LogP contribution in [0.4, 0.5) is 9.59 Å². The summed E-state index contributed by atoms with van der Waals surface area (Å²) in [5.74, 6) is 0. The molecule has 0 spiro atoms.